The standard InChI is InChI=1S/C14H22N2O3/c1-11-12(6-5-7-13(11)16(17)18)10-15-9-8-14(2,3)19-4/h5-7,15H,8-10H2,1-4H3. The highest BCUT2D eigenvalue weighted by molar-refractivity contribution is 5.44. The summed E-state index contributed by atoms with van der Waals surface area (Å²) >= 11 is 0. The highest BCUT2D eigenvalue weighted by Gasteiger charge is 2.16. The van der Waals surface area contributed by atoms with E-state index in [1.165, 1.54) is 6.07 Å². The first-order valence-electron chi connectivity index (χ1n) is 6.36. The molecule has 0 bridgehead atoms. The van der Waals surface area contributed by atoms with Crippen LogP contribution in [0.2, 0.25) is 0 Å². The normalized spacial score (nSPS) is 11.6. The quantitative estimate of drug-likeness (QED) is 0.468. The lowest BCUT2D eigenvalue weighted by Gasteiger charge is -2.22. The zero-order valence-electron chi connectivity index (χ0n) is 12.0. The highest BCUT2D eigenvalue weighted by atomic mass is 16.6. The first-order valence-corrected chi connectivity index (χ1v) is 6.36. The molecule has 0 saturated carbocycles. The maximum absolute atomic E-state index is 10.8. The Morgan fingerprint density at radius 1 is 1.42 bits per heavy atom. The molecule has 0 spiro atoms. The minimum Gasteiger partial charge on any atom is -0.379 e. The van der Waals surface area contributed by atoms with Gasteiger partial charge in [0.1, 0.15) is 0 Å². The van der Waals surface area contributed by atoms with Gasteiger partial charge in [-0.25, -0.2) is 0 Å². The van der Waals surface area contributed by atoms with Crippen LogP contribution >= 0.6 is 0 Å². The van der Waals surface area contributed by atoms with E-state index in [2.05, 4.69) is 5.32 Å². The van der Waals surface area contributed by atoms with E-state index < -0.39 is 0 Å². The molecule has 19 heavy (non-hydrogen) atoms. The maximum Gasteiger partial charge on any atom is 0.272 e. The van der Waals surface area contributed by atoms with Crippen LogP contribution in [0.25, 0.3) is 0 Å². The Morgan fingerprint density at radius 3 is 2.68 bits per heavy atom. The molecule has 0 atom stereocenters. The van der Waals surface area contributed by atoms with E-state index in [0.29, 0.717) is 6.54 Å². The van der Waals surface area contributed by atoms with Crippen LogP contribution in [-0.4, -0.2) is 24.2 Å². The van der Waals surface area contributed by atoms with Crippen LogP contribution in [0.1, 0.15) is 31.4 Å². The molecule has 0 fully saturated rings. The van der Waals surface area contributed by atoms with Gasteiger partial charge in [0.15, 0.2) is 0 Å². The Kier molecular flexibility index (Phi) is 5.44. The molecule has 0 aliphatic rings. The molecule has 1 N–H and O–H groups in total. The lowest BCUT2D eigenvalue weighted by Crippen LogP contribution is -2.28. The van der Waals surface area contributed by atoms with E-state index in [0.717, 1.165) is 24.1 Å². The zero-order chi connectivity index (χ0) is 14.5. The topological polar surface area (TPSA) is 64.4 Å². The van der Waals surface area contributed by atoms with Gasteiger partial charge in [0.05, 0.1) is 10.5 Å². The Morgan fingerprint density at radius 2 is 2.11 bits per heavy atom. The van der Waals surface area contributed by atoms with E-state index >= 15 is 0 Å². The summed E-state index contributed by atoms with van der Waals surface area (Å²) in [6, 6.07) is 5.17. The summed E-state index contributed by atoms with van der Waals surface area (Å²) < 4.78 is 5.33. The van der Waals surface area contributed by atoms with E-state index in [4.69, 9.17) is 4.74 Å². The SMILES string of the molecule is COC(C)(C)CCNCc1cccc([N+](=O)[O-])c1C. The molecule has 0 heterocycles. The summed E-state index contributed by atoms with van der Waals surface area (Å²) in [5.41, 5.74) is 1.72. The first-order chi connectivity index (χ1) is 8.87. The minimum atomic E-state index is -0.340. The predicted octanol–water partition coefficient (Wildman–Crippen LogP) is 2.81. The van der Waals surface area contributed by atoms with Crippen molar-refractivity contribution in [3.05, 3.63) is 39.4 Å². The molecule has 1 aromatic carbocycles. The Bertz CT molecular complexity index is 444. The third kappa shape index (κ3) is 4.61. The molecule has 0 radical (unpaired) electrons. The Labute approximate surface area is 114 Å². The van der Waals surface area contributed by atoms with E-state index in [1.807, 2.05) is 19.9 Å². The van der Waals surface area contributed by atoms with Crippen molar-refractivity contribution in [2.45, 2.75) is 39.3 Å². The summed E-state index contributed by atoms with van der Waals surface area (Å²) in [6.07, 6.45) is 0.886. The Balaban J connectivity index is 2.55. The average molecular weight is 266 g/mol. The molecule has 0 aliphatic carbocycles. The van der Waals surface area contributed by atoms with Gasteiger partial charge >= 0.3 is 0 Å². The second kappa shape index (κ2) is 6.63. The van der Waals surface area contributed by atoms with Gasteiger partial charge in [-0.15, -0.1) is 0 Å². The van der Waals surface area contributed by atoms with E-state index in [1.54, 1.807) is 20.1 Å². The van der Waals surface area contributed by atoms with Crippen molar-refractivity contribution in [3.8, 4) is 0 Å². The average Bonchev–Trinajstić information content (AvgIpc) is 2.36. The van der Waals surface area contributed by atoms with Gasteiger partial charge in [0.25, 0.3) is 5.69 Å². The van der Waals surface area contributed by atoms with Crippen LogP contribution in [0.4, 0.5) is 5.69 Å². The number of hydrogen-bond donors (Lipinski definition) is 1. The van der Waals surface area contributed by atoms with Gasteiger partial charge in [-0.2, -0.15) is 0 Å². The van der Waals surface area contributed by atoms with Crippen molar-refractivity contribution in [2.75, 3.05) is 13.7 Å². The van der Waals surface area contributed by atoms with Crippen molar-refractivity contribution < 1.29 is 9.66 Å². The highest BCUT2D eigenvalue weighted by Crippen LogP contribution is 2.21. The lowest BCUT2D eigenvalue weighted by molar-refractivity contribution is -0.385. The fourth-order valence-electron chi connectivity index (χ4n) is 1.77. The third-order valence-corrected chi connectivity index (χ3v) is 3.39. The molecule has 0 saturated heterocycles. The molecule has 5 heteroatoms. The van der Waals surface area contributed by atoms with Gasteiger partial charge in [0.2, 0.25) is 0 Å². The number of benzene rings is 1. The van der Waals surface area contributed by atoms with Gasteiger partial charge in [0, 0.05) is 25.3 Å². The molecule has 1 aromatic rings. The summed E-state index contributed by atoms with van der Waals surface area (Å²) in [6.45, 7) is 7.30. The number of rotatable bonds is 7. The van der Waals surface area contributed by atoms with Crippen molar-refractivity contribution in [3.63, 3.8) is 0 Å². The van der Waals surface area contributed by atoms with Gasteiger partial charge in [-0.05, 0) is 39.3 Å². The number of nitro groups is 1. The van der Waals surface area contributed by atoms with Crippen LogP contribution < -0.4 is 5.32 Å². The molecular formula is C14H22N2O3. The lowest BCUT2D eigenvalue weighted by atomic mass is 10.0. The molecule has 5 nitrogen and oxygen atoms in total. The summed E-state index contributed by atoms with van der Waals surface area (Å²) in [7, 11) is 1.70. The number of methoxy groups -OCH3 is 1. The summed E-state index contributed by atoms with van der Waals surface area (Å²) in [5.74, 6) is 0. The number of nitro benzene ring substituents is 1. The number of hydrogen-bond acceptors (Lipinski definition) is 4. The van der Waals surface area contributed by atoms with Crippen molar-refractivity contribution in [1.82, 2.24) is 5.32 Å². The van der Waals surface area contributed by atoms with Gasteiger partial charge in [-0.3, -0.25) is 10.1 Å². The van der Waals surface area contributed by atoms with Crippen LogP contribution in [0.5, 0.6) is 0 Å². The summed E-state index contributed by atoms with van der Waals surface area (Å²) in [5, 5.41) is 14.1. The smallest absolute Gasteiger partial charge is 0.272 e. The van der Waals surface area contributed by atoms with Crippen LogP contribution in [0.15, 0.2) is 18.2 Å². The molecule has 1 rings (SSSR count). The van der Waals surface area contributed by atoms with Crippen molar-refractivity contribution in [2.24, 2.45) is 0 Å². The number of nitrogens with zero attached hydrogens (tertiary/aromatic N) is 1. The van der Waals surface area contributed by atoms with Crippen molar-refractivity contribution in [1.29, 1.82) is 0 Å². The van der Waals surface area contributed by atoms with Crippen LogP contribution in [0.3, 0.4) is 0 Å². The van der Waals surface area contributed by atoms with Gasteiger partial charge in [-0.1, -0.05) is 12.1 Å². The molecule has 0 aromatic heterocycles. The molecule has 0 aliphatic heterocycles. The number of ether oxygens (including phenoxy) is 1. The van der Waals surface area contributed by atoms with Gasteiger partial charge < -0.3 is 10.1 Å². The number of nitrogens with one attached hydrogen (secondary N) is 1. The van der Waals surface area contributed by atoms with E-state index in [9.17, 15) is 10.1 Å². The third-order valence-electron chi connectivity index (χ3n) is 3.39. The molecule has 0 unspecified atom stereocenters. The van der Waals surface area contributed by atoms with Crippen LogP contribution in [0, 0.1) is 17.0 Å². The largest absolute Gasteiger partial charge is 0.379 e. The van der Waals surface area contributed by atoms with Crippen molar-refractivity contribution >= 4 is 5.69 Å². The fraction of sp³-hybridized carbons (Fsp3) is 0.571. The second-order valence-electron chi connectivity index (χ2n) is 5.21. The first kappa shape index (κ1) is 15.6. The summed E-state index contributed by atoms with van der Waals surface area (Å²) in [4.78, 5) is 10.5. The van der Waals surface area contributed by atoms with Crippen LogP contribution in [-0.2, 0) is 11.3 Å². The second-order valence-corrected chi connectivity index (χ2v) is 5.21. The molecule has 0 amide bonds. The molecular weight excluding hydrogens is 244 g/mol. The minimum absolute atomic E-state index is 0.148. The predicted molar refractivity (Wildman–Crippen MR) is 75.2 cm³/mol. The fourth-order valence-corrected chi connectivity index (χ4v) is 1.77. The van der Waals surface area contributed by atoms with E-state index in [-0.39, 0.29) is 16.2 Å². The maximum atomic E-state index is 10.8. The monoisotopic (exact) mass is 266 g/mol. The molecule has 106 valence electrons. The zero-order valence-corrected chi connectivity index (χ0v) is 12.0. The Hall–Kier alpha value is -1.46.